The molecule has 1 fully saturated rings. The first-order chi connectivity index (χ1) is 7.27. The van der Waals surface area contributed by atoms with Gasteiger partial charge in [-0.1, -0.05) is 54.9 Å². The minimum atomic E-state index is 0.489. The van der Waals surface area contributed by atoms with Gasteiger partial charge in [-0.3, -0.25) is 0 Å². The second kappa shape index (κ2) is 5.10. The van der Waals surface area contributed by atoms with Gasteiger partial charge in [0.1, 0.15) is 0 Å². The first-order valence-electron chi connectivity index (χ1n) is 7.27. The van der Waals surface area contributed by atoms with Gasteiger partial charge in [0.25, 0.3) is 0 Å². The molecule has 1 aliphatic rings. The Morgan fingerprint density at radius 2 is 1.69 bits per heavy atom. The van der Waals surface area contributed by atoms with Gasteiger partial charge in [0.2, 0.25) is 0 Å². The lowest BCUT2D eigenvalue weighted by Crippen LogP contribution is -2.28. The normalized spacial score (nSPS) is 29.2. The van der Waals surface area contributed by atoms with E-state index in [0.717, 1.165) is 29.6 Å². The van der Waals surface area contributed by atoms with Crippen LogP contribution in [0, 0.1) is 35.0 Å². The van der Waals surface area contributed by atoms with Gasteiger partial charge in [-0.15, -0.1) is 0 Å². The molecule has 1 aliphatic carbocycles. The van der Waals surface area contributed by atoms with E-state index in [4.69, 9.17) is 0 Å². The molecule has 4 unspecified atom stereocenters. The van der Waals surface area contributed by atoms with Crippen molar-refractivity contribution in [3.8, 4) is 0 Å². The second-order valence-electron chi connectivity index (χ2n) is 7.54. The lowest BCUT2D eigenvalue weighted by Gasteiger charge is -2.35. The summed E-state index contributed by atoms with van der Waals surface area (Å²) in [6.07, 6.45) is 4.33. The minimum absolute atomic E-state index is 0.489. The van der Waals surface area contributed by atoms with E-state index in [1.54, 1.807) is 0 Å². The highest BCUT2D eigenvalue weighted by atomic mass is 14.5. The van der Waals surface area contributed by atoms with Crippen molar-refractivity contribution in [2.24, 2.45) is 35.0 Å². The number of hydrogen-bond donors (Lipinski definition) is 0. The summed E-state index contributed by atoms with van der Waals surface area (Å²) in [5, 5.41) is 0. The van der Waals surface area contributed by atoms with Crippen LogP contribution in [0.2, 0.25) is 0 Å². The molecule has 0 aliphatic heterocycles. The molecule has 0 radical (unpaired) electrons. The van der Waals surface area contributed by atoms with E-state index >= 15 is 0 Å². The van der Waals surface area contributed by atoms with Gasteiger partial charge >= 0.3 is 0 Å². The summed E-state index contributed by atoms with van der Waals surface area (Å²) in [5.41, 5.74) is 0.489. The Kier molecular flexibility index (Phi) is 4.49. The number of rotatable bonds is 5. The Labute approximate surface area is 103 Å². The summed E-state index contributed by atoms with van der Waals surface area (Å²) >= 11 is 0. The van der Waals surface area contributed by atoms with Gasteiger partial charge in [0, 0.05) is 0 Å². The van der Waals surface area contributed by atoms with Crippen LogP contribution < -0.4 is 0 Å². The Morgan fingerprint density at radius 1 is 1.12 bits per heavy atom. The molecule has 1 saturated carbocycles. The van der Waals surface area contributed by atoms with Crippen molar-refractivity contribution in [1.82, 2.24) is 0 Å². The van der Waals surface area contributed by atoms with Crippen LogP contribution in [0.3, 0.4) is 0 Å². The van der Waals surface area contributed by atoms with Crippen molar-refractivity contribution in [3.63, 3.8) is 0 Å². The summed E-state index contributed by atoms with van der Waals surface area (Å²) < 4.78 is 0. The average Bonchev–Trinajstić information content (AvgIpc) is 2.80. The van der Waals surface area contributed by atoms with Crippen LogP contribution in [0.5, 0.6) is 0 Å². The van der Waals surface area contributed by atoms with Crippen molar-refractivity contribution < 1.29 is 0 Å². The van der Waals surface area contributed by atoms with Crippen LogP contribution in [0.15, 0.2) is 0 Å². The van der Waals surface area contributed by atoms with Gasteiger partial charge in [0.15, 0.2) is 0 Å². The van der Waals surface area contributed by atoms with Crippen LogP contribution in [0.1, 0.15) is 67.7 Å². The smallest absolute Gasteiger partial charge is 0.0311 e. The van der Waals surface area contributed by atoms with Crippen LogP contribution in [-0.2, 0) is 0 Å². The predicted molar refractivity (Wildman–Crippen MR) is 73.5 cm³/mol. The van der Waals surface area contributed by atoms with E-state index < -0.39 is 0 Å². The molecule has 0 N–H and O–H groups in total. The highest BCUT2D eigenvalue weighted by molar-refractivity contribution is 4.96. The lowest BCUT2D eigenvalue weighted by molar-refractivity contribution is 0.142. The molecule has 0 spiro atoms. The molecule has 0 aromatic carbocycles. The van der Waals surface area contributed by atoms with Crippen LogP contribution >= 0.6 is 0 Å². The van der Waals surface area contributed by atoms with Crippen LogP contribution in [0.25, 0.3) is 0 Å². The van der Waals surface area contributed by atoms with Gasteiger partial charge in [-0.25, -0.2) is 0 Å². The van der Waals surface area contributed by atoms with Gasteiger partial charge in [0.05, 0.1) is 0 Å². The maximum atomic E-state index is 2.43. The average molecular weight is 224 g/mol. The highest BCUT2D eigenvalue weighted by Gasteiger charge is 2.47. The Morgan fingerprint density at radius 3 is 2.06 bits per heavy atom. The fourth-order valence-corrected chi connectivity index (χ4v) is 3.80. The molecule has 0 heterocycles. The van der Waals surface area contributed by atoms with Crippen molar-refractivity contribution in [1.29, 1.82) is 0 Å². The van der Waals surface area contributed by atoms with Gasteiger partial charge in [-0.2, -0.15) is 0 Å². The summed E-state index contributed by atoms with van der Waals surface area (Å²) in [6.45, 7) is 16.8. The van der Waals surface area contributed by atoms with E-state index in [0.29, 0.717) is 5.41 Å². The second-order valence-corrected chi connectivity index (χ2v) is 7.54. The zero-order valence-electron chi connectivity index (χ0n) is 12.5. The monoisotopic (exact) mass is 224 g/mol. The summed E-state index contributed by atoms with van der Waals surface area (Å²) in [6, 6.07) is 0. The summed E-state index contributed by atoms with van der Waals surface area (Å²) in [7, 11) is 0. The maximum absolute atomic E-state index is 2.43. The molecule has 0 heteroatoms. The van der Waals surface area contributed by atoms with E-state index in [1.165, 1.54) is 19.3 Å². The van der Waals surface area contributed by atoms with Crippen molar-refractivity contribution in [3.05, 3.63) is 0 Å². The molecule has 4 atom stereocenters. The van der Waals surface area contributed by atoms with Gasteiger partial charge < -0.3 is 0 Å². The third kappa shape index (κ3) is 3.50. The van der Waals surface area contributed by atoms with Gasteiger partial charge in [-0.05, 0) is 47.8 Å². The third-order valence-electron chi connectivity index (χ3n) is 4.56. The standard InChI is InChI=1S/C16H32/c1-8-12(4)9-13-10-14(13)15(11(2)3)16(5,6)7/h11-15H,8-10H2,1-7H3. The summed E-state index contributed by atoms with van der Waals surface area (Å²) in [5.74, 6) is 4.76. The zero-order valence-corrected chi connectivity index (χ0v) is 12.5. The molecule has 0 nitrogen and oxygen atoms in total. The molecule has 96 valence electrons. The molecule has 1 rings (SSSR count). The quantitative estimate of drug-likeness (QED) is 0.588. The van der Waals surface area contributed by atoms with Crippen molar-refractivity contribution in [2.45, 2.75) is 67.7 Å². The molecule has 0 saturated heterocycles. The predicted octanol–water partition coefficient (Wildman–Crippen LogP) is 5.38. The topological polar surface area (TPSA) is 0 Å². The Hall–Kier alpha value is 0. The van der Waals surface area contributed by atoms with E-state index in [1.807, 2.05) is 0 Å². The van der Waals surface area contributed by atoms with E-state index in [9.17, 15) is 0 Å². The molecule has 0 aromatic rings. The van der Waals surface area contributed by atoms with E-state index in [-0.39, 0.29) is 0 Å². The van der Waals surface area contributed by atoms with Crippen molar-refractivity contribution in [2.75, 3.05) is 0 Å². The zero-order chi connectivity index (χ0) is 12.5. The maximum Gasteiger partial charge on any atom is -0.0311 e. The van der Waals surface area contributed by atoms with Crippen molar-refractivity contribution >= 4 is 0 Å². The largest absolute Gasteiger partial charge is 0.0651 e. The molecule has 16 heavy (non-hydrogen) atoms. The molecule has 0 bridgehead atoms. The first-order valence-corrected chi connectivity index (χ1v) is 7.27. The number of hydrogen-bond acceptors (Lipinski definition) is 0. The van der Waals surface area contributed by atoms with Crippen LogP contribution in [0.4, 0.5) is 0 Å². The molecule has 0 amide bonds. The fraction of sp³-hybridized carbons (Fsp3) is 1.00. The fourth-order valence-electron chi connectivity index (χ4n) is 3.80. The Bertz CT molecular complexity index is 209. The van der Waals surface area contributed by atoms with Crippen LogP contribution in [-0.4, -0.2) is 0 Å². The first kappa shape index (κ1) is 14.1. The van der Waals surface area contributed by atoms with E-state index in [2.05, 4.69) is 48.5 Å². The summed E-state index contributed by atoms with van der Waals surface area (Å²) in [4.78, 5) is 0. The minimum Gasteiger partial charge on any atom is -0.0651 e. The Balaban J connectivity index is 2.52. The lowest BCUT2D eigenvalue weighted by atomic mass is 9.71. The third-order valence-corrected chi connectivity index (χ3v) is 4.56. The molecule has 0 aromatic heterocycles. The molecular weight excluding hydrogens is 192 g/mol. The molecular formula is C16H32. The SMILES string of the molecule is CCC(C)CC1CC1C(C(C)C)C(C)(C)C. The highest BCUT2D eigenvalue weighted by Crippen LogP contribution is 2.55.